The Bertz CT molecular complexity index is 1210. The summed E-state index contributed by atoms with van der Waals surface area (Å²) in [6, 6.07) is 20.9. The summed E-state index contributed by atoms with van der Waals surface area (Å²) in [5.41, 5.74) is 3.25. The summed E-state index contributed by atoms with van der Waals surface area (Å²) < 4.78 is 0. The Labute approximate surface area is 177 Å². The average molecular weight is 412 g/mol. The lowest BCUT2D eigenvalue weighted by molar-refractivity contribution is -0.113. The fraction of sp³-hybridized carbons (Fsp3) is 0.0833. The number of hydrogen-bond acceptors (Lipinski definition) is 5. The summed E-state index contributed by atoms with van der Waals surface area (Å²) in [4.78, 5) is 38.2. The van der Waals surface area contributed by atoms with Crippen LogP contribution < -0.4 is 5.32 Å². The van der Waals surface area contributed by atoms with Gasteiger partial charge in [-0.2, -0.15) is 5.26 Å². The van der Waals surface area contributed by atoms with E-state index >= 15 is 0 Å². The highest BCUT2D eigenvalue weighted by Gasteiger charge is 2.31. The zero-order valence-electron chi connectivity index (χ0n) is 15.8. The lowest BCUT2D eigenvalue weighted by atomic mass is 9.83. The number of nitrogens with zero attached hydrogens (tertiary/aromatic N) is 1. The molecule has 1 amide bonds. The van der Waals surface area contributed by atoms with Crippen LogP contribution in [-0.4, -0.2) is 23.2 Å². The van der Waals surface area contributed by atoms with Crippen molar-refractivity contribution in [2.75, 3.05) is 11.1 Å². The van der Waals surface area contributed by atoms with E-state index < -0.39 is 0 Å². The van der Waals surface area contributed by atoms with E-state index in [9.17, 15) is 14.4 Å². The molecule has 1 aliphatic carbocycles. The molecule has 3 aromatic carbocycles. The molecule has 0 unspecified atom stereocenters. The molecule has 1 N–H and O–H groups in total. The number of benzene rings is 3. The van der Waals surface area contributed by atoms with Crippen molar-refractivity contribution in [3.05, 3.63) is 100 Å². The van der Waals surface area contributed by atoms with Gasteiger partial charge >= 0.3 is 0 Å². The summed E-state index contributed by atoms with van der Waals surface area (Å²) in [7, 11) is 0. The van der Waals surface area contributed by atoms with Crippen molar-refractivity contribution in [1.82, 2.24) is 0 Å². The fourth-order valence-corrected chi connectivity index (χ4v) is 4.16. The quantitative estimate of drug-likeness (QED) is 0.531. The Morgan fingerprint density at radius 3 is 2.23 bits per heavy atom. The fourth-order valence-electron chi connectivity index (χ4n) is 3.37. The monoisotopic (exact) mass is 412 g/mol. The molecule has 0 radical (unpaired) electrons. The first-order valence-electron chi connectivity index (χ1n) is 9.26. The lowest BCUT2D eigenvalue weighted by Gasteiger charge is -2.20. The maximum Gasteiger partial charge on any atom is 0.234 e. The number of nitriles is 1. The minimum absolute atomic E-state index is 0.197. The maximum atomic E-state index is 13.0. The number of nitrogens with one attached hydrogen (secondary N) is 1. The van der Waals surface area contributed by atoms with Crippen molar-refractivity contribution in [2.45, 2.75) is 5.75 Å². The van der Waals surface area contributed by atoms with Crippen molar-refractivity contribution >= 4 is 34.9 Å². The minimum Gasteiger partial charge on any atom is -0.325 e. The number of rotatable bonds is 5. The van der Waals surface area contributed by atoms with Crippen molar-refractivity contribution < 1.29 is 14.4 Å². The first kappa shape index (κ1) is 19.6. The third-order valence-corrected chi connectivity index (χ3v) is 5.82. The maximum absolute atomic E-state index is 13.0. The molecule has 5 nitrogen and oxygen atoms in total. The van der Waals surface area contributed by atoms with Crippen molar-refractivity contribution in [3.63, 3.8) is 0 Å². The van der Waals surface area contributed by atoms with Gasteiger partial charge in [-0.1, -0.05) is 48.5 Å². The van der Waals surface area contributed by atoms with E-state index in [2.05, 4.69) is 11.4 Å². The second-order valence-corrected chi connectivity index (χ2v) is 7.77. The third-order valence-electron chi connectivity index (χ3n) is 4.81. The normalized spacial score (nSPS) is 12.0. The molecule has 3 aromatic rings. The number of amides is 1. The number of hydrogen-bond donors (Lipinski definition) is 1. The SMILES string of the molecule is N#Cc1ccc(CSCC(=O)Nc2cccc3c2C(=O)c2ccccc2C3=O)cc1. The number of carbonyl (C=O) groups excluding carboxylic acids is 3. The Balaban J connectivity index is 1.46. The summed E-state index contributed by atoms with van der Waals surface area (Å²) in [6.45, 7) is 0. The zero-order chi connectivity index (χ0) is 21.1. The highest BCUT2D eigenvalue weighted by molar-refractivity contribution is 7.99. The van der Waals surface area contributed by atoms with Crippen LogP contribution in [0.5, 0.6) is 0 Å². The highest BCUT2D eigenvalue weighted by Crippen LogP contribution is 2.32. The molecule has 1 aliphatic rings. The molecule has 0 saturated carbocycles. The predicted octanol–water partition coefficient (Wildman–Crippen LogP) is 4.21. The van der Waals surface area contributed by atoms with E-state index in [0.717, 1.165) is 5.56 Å². The summed E-state index contributed by atoms with van der Waals surface area (Å²) in [6.07, 6.45) is 0. The lowest BCUT2D eigenvalue weighted by Crippen LogP contribution is -2.24. The molecule has 0 heterocycles. The van der Waals surface area contributed by atoms with E-state index in [-0.39, 0.29) is 28.8 Å². The molecule has 0 atom stereocenters. The number of anilines is 1. The second kappa shape index (κ2) is 8.36. The van der Waals surface area contributed by atoms with E-state index in [1.807, 2.05) is 12.1 Å². The number of fused-ring (bicyclic) bond motifs is 2. The van der Waals surface area contributed by atoms with Gasteiger partial charge in [-0.05, 0) is 23.8 Å². The van der Waals surface area contributed by atoms with Crippen molar-refractivity contribution in [1.29, 1.82) is 5.26 Å². The van der Waals surface area contributed by atoms with Gasteiger partial charge in [0.2, 0.25) is 5.91 Å². The van der Waals surface area contributed by atoms with Crippen molar-refractivity contribution in [3.8, 4) is 6.07 Å². The van der Waals surface area contributed by atoms with Gasteiger partial charge in [-0.3, -0.25) is 14.4 Å². The molecule has 146 valence electrons. The highest BCUT2D eigenvalue weighted by atomic mass is 32.2. The Hall–Kier alpha value is -3.69. The number of carbonyl (C=O) groups is 3. The second-order valence-electron chi connectivity index (χ2n) is 6.78. The molecular weight excluding hydrogens is 396 g/mol. The van der Waals surface area contributed by atoms with Gasteiger partial charge < -0.3 is 5.32 Å². The van der Waals surface area contributed by atoms with Gasteiger partial charge in [0, 0.05) is 22.4 Å². The smallest absolute Gasteiger partial charge is 0.234 e. The van der Waals surface area contributed by atoms with E-state index in [1.54, 1.807) is 54.6 Å². The van der Waals surface area contributed by atoms with Gasteiger partial charge in [0.25, 0.3) is 0 Å². The molecule has 0 aromatic heterocycles. The third kappa shape index (κ3) is 3.76. The molecule has 4 rings (SSSR count). The van der Waals surface area contributed by atoms with Crippen LogP contribution in [0.2, 0.25) is 0 Å². The Morgan fingerprint density at radius 1 is 0.867 bits per heavy atom. The van der Waals surface area contributed by atoms with Gasteiger partial charge in [0.05, 0.1) is 28.6 Å². The largest absolute Gasteiger partial charge is 0.325 e. The van der Waals surface area contributed by atoms with Crippen LogP contribution in [0.25, 0.3) is 0 Å². The standard InChI is InChI=1S/C24H16N2O3S/c25-12-15-8-10-16(11-9-15)13-30-14-21(27)26-20-7-3-6-19-22(20)24(29)18-5-2-1-4-17(18)23(19)28/h1-11H,13-14H2,(H,26,27). The van der Waals surface area contributed by atoms with Crippen LogP contribution in [-0.2, 0) is 10.5 Å². The first-order chi connectivity index (χ1) is 14.6. The van der Waals surface area contributed by atoms with Crippen LogP contribution in [0.3, 0.4) is 0 Å². The zero-order valence-corrected chi connectivity index (χ0v) is 16.7. The predicted molar refractivity (Wildman–Crippen MR) is 116 cm³/mol. The van der Waals surface area contributed by atoms with Crippen LogP contribution >= 0.6 is 11.8 Å². The van der Waals surface area contributed by atoms with E-state index in [0.29, 0.717) is 33.7 Å². The molecule has 6 heteroatoms. The van der Waals surface area contributed by atoms with Crippen LogP contribution in [0, 0.1) is 11.3 Å². The topological polar surface area (TPSA) is 87.0 Å². The molecule has 0 fully saturated rings. The summed E-state index contributed by atoms with van der Waals surface area (Å²) in [5.74, 6) is 0.0909. The molecule has 0 bridgehead atoms. The molecule has 0 aliphatic heterocycles. The van der Waals surface area contributed by atoms with Crippen LogP contribution in [0.1, 0.15) is 43.0 Å². The molecule has 0 saturated heterocycles. The minimum atomic E-state index is -0.263. The Kier molecular flexibility index (Phi) is 5.46. The van der Waals surface area contributed by atoms with Crippen LogP contribution in [0.15, 0.2) is 66.7 Å². The Morgan fingerprint density at radius 2 is 1.53 bits per heavy atom. The van der Waals surface area contributed by atoms with E-state index in [1.165, 1.54) is 11.8 Å². The van der Waals surface area contributed by atoms with Gasteiger partial charge in [-0.25, -0.2) is 0 Å². The first-order valence-corrected chi connectivity index (χ1v) is 10.4. The number of thioether (sulfide) groups is 1. The molecular formula is C24H16N2O3S. The summed E-state index contributed by atoms with van der Waals surface area (Å²) >= 11 is 1.43. The van der Waals surface area contributed by atoms with Gasteiger partial charge in [0.1, 0.15) is 0 Å². The van der Waals surface area contributed by atoms with Crippen molar-refractivity contribution in [2.24, 2.45) is 0 Å². The van der Waals surface area contributed by atoms with Gasteiger partial charge in [0.15, 0.2) is 11.6 Å². The molecule has 0 spiro atoms. The van der Waals surface area contributed by atoms with Crippen LogP contribution in [0.4, 0.5) is 5.69 Å². The van der Waals surface area contributed by atoms with E-state index in [4.69, 9.17) is 5.26 Å². The summed E-state index contributed by atoms with van der Waals surface area (Å²) in [5, 5.41) is 11.6. The number of ketones is 2. The molecule has 30 heavy (non-hydrogen) atoms. The van der Waals surface area contributed by atoms with Gasteiger partial charge in [-0.15, -0.1) is 11.8 Å². The average Bonchev–Trinajstić information content (AvgIpc) is 2.78.